The quantitative estimate of drug-likeness (QED) is 0.345. The molecule has 146 valence electrons. The number of sulfone groups is 1. The fraction of sp³-hybridized carbons (Fsp3) is 0.250. The molecule has 3 rings (SSSR count). The molecule has 1 aliphatic carbocycles. The summed E-state index contributed by atoms with van der Waals surface area (Å²) < 4.78 is 28.3. The van der Waals surface area contributed by atoms with Crippen LogP contribution in [0.15, 0.2) is 47.4 Å². The highest BCUT2D eigenvalue weighted by Gasteiger charge is 2.36. The lowest BCUT2D eigenvalue weighted by Crippen LogP contribution is -2.28. The highest BCUT2D eigenvalue weighted by molar-refractivity contribution is 7.94. The summed E-state index contributed by atoms with van der Waals surface area (Å²) in [6.45, 7) is 1.97. The van der Waals surface area contributed by atoms with Crippen molar-refractivity contribution in [2.24, 2.45) is 0 Å². The summed E-state index contributed by atoms with van der Waals surface area (Å²) in [7, 11) is -4.30. The number of alkyl halides is 1. The molecule has 0 fully saturated rings. The van der Waals surface area contributed by atoms with E-state index < -0.39 is 26.3 Å². The normalized spacial score (nSPS) is 14.2. The Labute approximate surface area is 167 Å². The number of carbonyl (C=O) groups is 3. The van der Waals surface area contributed by atoms with Crippen molar-refractivity contribution in [2.75, 3.05) is 6.61 Å². The summed E-state index contributed by atoms with van der Waals surface area (Å²) in [5, 5.41) is 0. The van der Waals surface area contributed by atoms with Crippen molar-refractivity contribution in [3.63, 3.8) is 0 Å². The predicted molar refractivity (Wildman–Crippen MR) is 102 cm³/mol. The largest absolute Gasteiger partial charge is 0.464 e. The van der Waals surface area contributed by atoms with Crippen LogP contribution in [0.2, 0.25) is 0 Å². The van der Waals surface area contributed by atoms with Crippen LogP contribution in [-0.4, -0.2) is 37.3 Å². The van der Waals surface area contributed by atoms with E-state index in [4.69, 9.17) is 16.3 Å². The second-order valence-electron chi connectivity index (χ2n) is 6.29. The molecule has 8 heteroatoms. The average molecular weight is 421 g/mol. The molecule has 1 unspecified atom stereocenters. The highest BCUT2D eigenvalue weighted by atomic mass is 35.5. The van der Waals surface area contributed by atoms with Crippen LogP contribution in [0.4, 0.5) is 0 Å². The minimum Gasteiger partial charge on any atom is -0.464 e. The van der Waals surface area contributed by atoms with E-state index in [1.54, 1.807) is 18.2 Å². The summed E-state index contributed by atoms with van der Waals surface area (Å²) >= 11 is 5.85. The molecule has 28 heavy (non-hydrogen) atoms. The standard InChI is InChI=1S/C20H17ClO6S/c1-2-3-10-27-20(24)19(21)28(25,26)12-8-9-15-16(11-12)18(23)14-7-5-4-6-13(14)17(15)22/h4-9,11,19H,2-3,10H2,1H3. The second-order valence-corrected chi connectivity index (χ2v) is 9.02. The van der Waals surface area contributed by atoms with E-state index in [2.05, 4.69) is 0 Å². The highest BCUT2D eigenvalue weighted by Crippen LogP contribution is 2.30. The molecule has 0 heterocycles. The number of benzene rings is 2. The van der Waals surface area contributed by atoms with E-state index in [0.717, 1.165) is 12.5 Å². The molecule has 2 aromatic rings. The van der Waals surface area contributed by atoms with E-state index in [9.17, 15) is 22.8 Å². The third-order valence-corrected chi connectivity index (χ3v) is 6.96. The van der Waals surface area contributed by atoms with Gasteiger partial charge in [-0.15, -0.1) is 0 Å². The fourth-order valence-corrected chi connectivity index (χ4v) is 4.36. The first-order valence-electron chi connectivity index (χ1n) is 8.66. The molecule has 0 amide bonds. The number of rotatable bonds is 6. The van der Waals surface area contributed by atoms with Crippen LogP contribution in [-0.2, 0) is 19.4 Å². The first-order chi connectivity index (χ1) is 13.3. The van der Waals surface area contributed by atoms with Gasteiger partial charge in [0.2, 0.25) is 14.5 Å². The van der Waals surface area contributed by atoms with Crippen molar-refractivity contribution in [3.05, 3.63) is 64.7 Å². The molecule has 0 N–H and O–H groups in total. The first-order valence-corrected chi connectivity index (χ1v) is 10.6. The maximum Gasteiger partial charge on any atom is 0.340 e. The Morgan fingerprint density at radius 3 is 2.18 bits per heavy atom. The van der Waals surface area contributed by atoms with Crippen molar-refractivity contribution < 1.29 is 27.5 Å². The SMILES string of the molecule is CCCCOC(=O)C(Cl)S(=O)(=O)c1ccc2c(c1)C(=O)c1ccccc1C2=O. The van der Waals surface area contributed by atoms with Crippen molar-refractivity contribution in [1.29, 1.82) is 0 Å². The number of carbonyl (C=O) groups excluding carboxylic acids is 3. The Balaban J connectivity index is 1.96. The number of halogens is 1. The van der Waals surface area contributed by atoms with E-state index in [1.165, 1.54) is 18.2 Å². The third-order valence-electron chi connectivity index (χ3n) is 4.43. The molecule has 1 atom stereocenters. The molecule has 0 aromatic heterocycles. The van der Waals surface area contributed by atoms with Gasteiger partial charge < -0.3 is 4.74 Å². The van der Waals surface area contributed by atoms with Crippen LogP contribution in [0.3, 0.4) is 0 Å². The lowest BCUT2D eigenvalue weighted by atomic mass is 9.84. The molecule has 0 saturated carbocycles. The molecule has 2 aromatic carbocycles. The molecule has 0 bridgehead atoms. The maximum absolute atomic E-state index is 12.7. The van der Waals surface area contributed by atoms with Gasteiger partial charge in [-0.3, -0.25) is 9.59 Å². The van der Waals surface area contributed by atoms with E-state index in [-0.39, 0.29) is 39.5 Å². The number of ketones is 2. The predicted octanol–water partition coefficient (Wildman–Crippen LogP) is 3.14. The van der Waals surface area contributed by atoms with E-state index in [0.29, 0.717) is 6.42 Å². The van der Waals surface area contributed by atoms with Gasteiger partial charge in [-0.25, -0.2) is 13.2 Å². The van der Waals surface area contributed by atoms with Gasteiger partial charge in [0.1, 0.15) is 0 Å². The Morgan fingerprint density at radius 2 is 1.57 bits per heavy atom. The smallest absolute Gasteiger partial charge is 0.340 e. The zero-order valence-corrected chi connectivity index (χ0v) is 16.5. The second kappa shape index (κ2) is 7.85. The molecule has 1 aliphatic rings. The molecular weight excluding hydrogens is 404 g/mol. The van der Waals surface area contributed by atoms with Crippen molar-refractivity contribution in [1.82, 2.24) is 0 Å². The minimum atomic E-state index is -4.30. The average Bonchev–Trinajstić information content (AvgIpc) is 2.71. The van der Waals surface area contributed by atoms with Gasteiger partial charge in [-0.2, -0.15) is 0 Å². The van der Waals surface area contributed by atoms with E-state index in [1.807, 2.05) is 6.92 Å². The molecule has 0 radical (unpaired) electrons. The monoisotopic (exact) mass is 420 g/mol. The molecular formula is C20H17ClO6S. The van der Waals surface area contributed by atoms with Gasteiger partial charge in [0.05, 0.1) is 11.5 Å². The number of esters is 1. The summed E-state index contributed by atoms with van der Waals surface area (Å²) in [6, 6.07) is 9.86. The maximum atomic E-state index is 12.7. The summed E-state index contributed by atoms with van der Waals surface area (Å²) in [4.78, 5) is 37.0. The number of fused-ring (bicyclic) bond motifs is 2. The zero-order valence-electron chi connectivity index (χ0n) is 15.0. The Morgan fingerprint density at radius 1 is 1.00 bits per heavy atom. The Hall–Kier alpha value is -2.51. The van der Waals surface area contributed by atoms with E-state index >= 15 is 0 Å². The Kier molecular flexibility index (Phi) is 5.67. The van der Waals surface area contributed by atoms with Crippen LogP contribution in [0, 0.1) is 0 Å². The van der Waals surface area contributed by atoms with Gasteiger partial charge in [0.15, 0.2) is 11.6 Å². The topological polar surface area (TPSA) is 94.6 Å². The summed E-state index contributed by atoms with van der Waals surface area (Å²) in [5.41, 5.74) is 0.550. The summed E-state index contributed by atoms with van der Waals surface area (Å²) in [6.07, 6.45) is 1.36. The lowest BCUT2D eigenvalue weighted by molar-refractivity contribution is -0.141. The van der Waals surface area contributed by atoms with Gasteiger partial charge in [0, 0.05) is 22.3 Å². The minimum absolute atomic E-state index is 0.0343. The third kappa shape index (κ3) is 3.47. The van der Waals surface area contributed by atoms with Crippen molar-refractivity contribution in [3.8, 4) is 0 Å². The number of ether oxygens (including phenoxy) is 1. The van der Waals surface area contributed by atoms with Gasteiger partial charge >= 0.3 is 5.97 Å². The van der Waals surface area contributed by atoms with Gasteiger partial charge in [0.25, 0.3) is 0 Å². The van der Waals surface area contributed by atoms with Gasteiger partial charge in [-0.1, -0.05) is 49.2 Å². The first kappa shape index (κ1) is 20.2. The number of hydrogen-bond acceptors (Lipinski definition) is 6. The van der Waals surface area contributed by atoms with Crippen LogP contribution in [0.5, 0.6) is 0 Å². The Bertz CT molecular complexity index is 1070. The molecule has 0 spiro atoms. The van der Waals surface area contributed by atoms with Crippen LogP contribution >= 0.6 is 11.6 Å². The van der Waals surface area contributed by atoms with Crippen LogP contribution in [0.1, 0.15) is 51.6 Å². The number of hydrogen-bond donors (Lipinski definition) is 0. The molecule has 6 nitrogen and oxygen atoms in total. The molecule has 0 aliphatic heterocycles. The fourth-order valence-electron chi connectivity index (χ4n) is 2.88. The van der Waals surface area contributed by atoms with Crippen LogP contribution < -0.4 is 0 Å². The van der Waals surface area contributed by atoms with Crippen LogP contribution in [0.25, 0.3) is 0 Å². The molecule has 0 saturated heterocycles. The van der Waals surface area contributed by atoms with Crippen molar-refractivity contribution in [2.45, 2.75) is 29.4 Å². The van der Waals surface area contributed by atoms with Crippen molar-refractivity contribution >= 4 is 39.0 Å². The van der Waals surface area contributed by atoms with Gasteiger partial charge in [-0.05, 0) is 24.6 Å². The summed E-state index contributed by atoms with van der Waals surface area (Å²) in [5.74, 6) is -1.89. The number of unbranched alkanes of at least 4 members (excludes halogenated alkanes) is 1. The zero-order chi connectivity index (χ0) is 20.5. The lowest BCUT2D eigenvalue weighted by Gasteiger charge is -2.18.